The van der Waals surface area contributed by atoms with Gasteiger partial charge in [0.2, 0.25) is 0 Å². The maximum atomic E-state index is 6.06. The Balaban J connectivity index is 1.56. The number of aryl methyl sites for hydroxylation is 2. The van der Waals surface area contributed by atoms with Crippen molar-refractivity contribution >= 4 is 53.6 Å². The first-order valence-corrected chi connectivity index (χ1v) is 12.5. The molecule has 4 aromatic carbocycles. The molecule has 3 heteroatoms. The van der Waals surface area contributed by atoms with Gasteiger partial charge in [0.15, 0.2) is 0 Å². The molecule has 2 heterocycles. The highest BCUT2D eigenvalue weighted by molar-refractivity contribution is 7.24. The first-order chi connectivity index (χ1) is 15.6. The molecule has 0 amide bonds. The number of fused-ring (bicyclic) bond motifs is 10. The fourth-order valence-corrected chi connectivity index (χ4v) is 8.33. The van der Waals surface area contributed by atoms with Crippen molar-refractivity contribution in [2.24, 2.45) is 0 Å². The summed E-state index contributed by atoms with van der Waals surface area (Å²) in [5.41, 5.74) is 10.8. The third-order valence-electron chi connectivity index (χ3n) is 7.16. The molecular formula is C29H18OS2. The Labute approximate surface area is 193 Å². The molecule has 6 aromatic rings. The topological polar surface area (TPSA) is 9.23 Å². The summed E-state index contributed by atoms with van der Waals surface area (Å²) in [6, 6.07) is 20.7. The minimum absolute atomic E-state index is 0.993. The Bertz CT molecular complexity index is 1820. The zero-order chi connectivity index (χ0) is 21.3. The summed E-state index contributed by atoms with van der Waals surface area (Å²) in [6.07, 6.45) is 0. The second-order valence-electron chi connectivity index (χ2n) is 9.02. The second kappa shape index (κ2) is 5.61. The van der Waals surface area contributed by atoms with E-state index in [-0.39, 0.29) is 0 Å². The van der Waals surface area contributed by atoms with E-state index in [1.807, 2.05) is 29.8 Å². The van der Waals surface area contributed by atoms with Gasteiger partial charge in [0.25, 0.3) is 0 Å². The third-order valence-corrected chi connectivity index (χ3v) is 9.56. The molecule has 0 radical (unpaired) electrons. The molecule has 2 aliphatic rings. The summed E-state index contributed by atoms with van der Waals surface area (Å²) < 4.78 is 8.77. The van der Waals surface area contributed by atoms with Crippen LogP contribution in [0.15, 0.2) is 54.6 Å². The Morgan fingerprint density at radius 3 is 1.91 bits per heavy atom. The van der Waals surface area contributed by atoms with Gasteiger partial charge in [-0.3, -0.25) is 0 Å². The summed E-state index contributed by atoms with van der Waals surface area (Å²) >= 11 is 3.82. The molecule has 152 valence electrons. The lowest BCUT2D eigenvalue weighted by Gasteiger charge is -2.12. The minimum atomic E-state index is 0.993. The van der Waals surface area contributed by atoms with Crippen LogP contribution in [0.5, 0.6) is 5.75 Å². The first-order valence-electron chi connectivity index (χ1n) is 10.9. The fourth-order valence-electron chi connectivity index (χ4n) is 5.85. The Kier molecular flexibility index (Phi) is 3.05. The summed E-state index contributed by atoms with van der Waals surface area (Å²) in [6.45, 7) is 4.37. The molecule has 0 saturated carbocycles. The van der Waals surface area contributed by atoms with Crippen LogP contribution in [0.3, 0.4) is 0 Å². The van der Waals surface area contributed by atoms with E-state index in [2.05, 4.69) is 68.4 Å². The van der Waals surface area contributed by atoms with Crippen LogP contribution < -0.4 is 4.74 Å². The Morgan fingerprint density at radius 2 is 1.22 bits per heavy atom. The van der Waals surface area contributed by atoms with Crippen LogP contribution >= 0.6 is 22.7 Å². The van der Waals surface area contributed by atoms with E-state index in [1.54, 1.807) is 0 Å². The van der Waals surface area contributed by atoms with Gasteiger partial charge in [0.05, 0.1) is 7.11 Å². The van der Waals surface area contributed by atoms with E-state index >= 15 is 0 Å². The zero-order valence-electron chi connectivity index (χ0n) is 17.9. The van der Waals surface area contributed by atoms with Crippen molar-refractivity contribution in [3.05, 3.63) is 65.7 Å². The monoisotopic (exact) mass is 446 g/mol. The molecular weight excluding hydrogens is 428 g/mol. The number of hydrogen-bond acceptors (Lipinski definition) is 3. The summed E-state index contributed by atoms with van der Waals surface area (Å²) in [4.78, 5) is 2.76. The molecule has 0 atom stereocenters. The highest BCUT2D eigenvalue weighted by atomic mass is 32.1. The summed E-state index contributed by atoms with van der Waals surface area (Å²) in [5.74, 6) is 0.993. The lowest BCUT2D eigenvalue weighted by molar-refractivity contribution is 0.417. The normalized spacial score (nSPS) is 12.8. The predicted octanol–water partition coefficient (Wildman–Crippen LogP) is 9.19. The molecule has 2 aromatic heterocycles. The molecule has 0 N–H and O–H groups in total. The second-order valence-corrected chi connectivity index (χ2v) is 11.1. The average molecular weight is 447 g/mol. The number of benzene rings is 4. The molecule has 32 heavy (non-hydrogen) atoms. The lowest BCUT2D eigenvalue weighted by Crippen LogP contribution is -1.88. The molecule has 0 aliphatic heterocycles. The maximum absolute atomic E-state index is 6.06. The Hall–Kier alpha value is -3.14. The molecule has 2 aliphatic carbocycles. The first kappa shape index (κ1) is 17.4. The van der Waals surface area contributed by atoms with Crippen molar-refractivity contribution in [2.45, 2.75) is 13.8 Å². The van der Waals surface area contributed by atoms with Gasteiger partial charge in [0, 0.05) is 57.6 Å². The number of thiophene rings is 2. The fraction of sp³-hybridized carbons (Fsp3) is 0.103. The lowest BCUT2D eigenvalue weighted by atomic mass is 9.96. The van der Waals surface area contributed by atoms with Crippen molar-refractivity contribution in [1.29, 1.82) is 0 Å². The molecule has 0 unspecified atom stereocenters. The van der Waals surface area contributed by atoms with Crippen molar-refractivity contribution in [3.8, 4) is 48.9 Å². The molecule has 0 fully saturated rings. The van der Waals surface area contributed by atoms with E-state index in [1.165, 1.54) is 85.2 Å². The molecule has 1 nitrogen and oxygen atoms in total. The van der Waals surface area contributed by atoms with Crippen LogP contribution in [0, 0.1) is 13.8 Å². The number of hydrogen-bond donors (Lipinski definition) is 0. The van der Waals surface area contributed by atoms with E-state index in [4.69, 9.17) is 4.74 Å². The average Bonchev–Trinajstić information content (AvgIpc) is 3.50. The van der Waals surface area contributed by atoms with E-state index in [0.29, 0.717) is 0 Å². The van der Waals surface area contributed by atoms with Crippen molar-refractivity contribution < 1.29 is 4.74 Å². The maximum Gasteiger partial charge on any atom is 0.128 e. The highest BCUT2D eigenvalue weighted by Gasteiger charge is 2.35. The standard InChI is InChI=1S/C29H18OS2/c1-13-5-9-22-17(10-13)24-15-6-7-16-23-19(12-20(30-3)27(26(15)23)29(24)32-22)25-18-11-14(2)4-8-21(18)31-28(16)25/h4-12H,1-3H3. The van der Waals surface area contributed by atoms with Gasteiger partial charge < -0.3 is 4.74 Å². The number of methoxy groups -OCH3 is 1. The van der Waals surface area contributed by atoms with Crippen LogP contribution in [0.2, 0.25) is 0 Å². The number of rotatable bonds is 1. The van der Waals surface area contributed by atoms with Gasteiger partial charge in [0.1, 0.15) is 5.75 Å². The molecule has 0 saturated heterocycles. The zero-order valence-corrected chi connectivity index (χ0v) is 19.6. The van der Waals surface area contributed by atoms with Gasteiger partial charge in [-0.05, 0) is 60.7 Å². The van der Waals surface area contributed by atoms with Gasteiger partial charge in [-0.25, -0.2) is 0 Å². The summed E-state index contributed by atoms with van der Waals surface area (Å²) in [5, 5.41) is 5.53. The van der Waals surface area contributed by atoms with Gasteiger partial charge >= 0.3 is 0 Å². The van der Waals surface area contributed by atoms with Crippen LogP contribution in [0.4, 0.5) is 0 Å². The van der Waals surface area contributed by atoms with Gasteiger partial charge in [-0.1, -0.05) is 35.4 Å². The molecule has 0 bridgehead atoms. The van der Waals surface area contributed by atoms with Crippen molar-refractivity contribution in [2.75, 3.05) is 7.11 Å². The predicted molar refractivity (Wildman–Crippen MR) is 140 cm³/mol. The van der Waals surface area contributed by atoms with Crippen LogP contribution in [-0.4, -0.2) is 7.11 Å². The van der Waals surface area contributed by atoms with Crippen LogP contribution in [0.1, 0.15) is 11.1 Å². The Morgan fingerprint density at radius 1 is 0.594 bits per heavy atom. The number of ether oxygens (including phenoxy) is 1. The van der Waals surface area contributed by atoms with Crippen LogP contribution in [0.25, 0.3) is 74.1 Å². The highest BCUT2D eigenvalue weighted by Crippen LogP contribution is 2.64. The van der Waals surface area contributed by atoms with E-state index in [9.17, 15) is 0 Å². The quantitative estimate of drug-likeness (QED) is 0.244. The van der Waals surface area contributed by atoms with Gasteiger partial charge in [-0.2, -0.15) is 0 Å². The van der Waals surface area contributed by atoms with Gasteiger partial charge in [-0.15, -0.1) is 22.7 Å². The van der Waals surface area contributed by atoms with Crippen molar-refractivity contribution in [3.63, 3.8) is 0 Å². The minimum Gasteiger partial charge on any atom is -0.496 e. The SMILES string of the molecule is COc1cc2c3c(ccc4c3c1-c1sc3ccc(C)cc3c1-4)-c1sc3ccc(C)cc3c1-2. The molecule has 8 rings (SSSR count). The van der Waals surface area contributed by atoms with Crippen LogP contribution in [-0.2, 0) is 0 Å². The third kappa shape index (κ3) is 1.88. The van der Waals surface area contributed by atoms with Crippen molar-refractivity contribution in [1.82, 2.24) is 0 Å². The van der Waals surface area contributed by atoms with E-state index < -0.39 is 0 Å². The molecule has 0 spiro atoms. The summed E-state index contributed by atoms with van der Waals surface area (Å²) in [7, 11) is 1.81. The van der Waals surface area contributed by atoms with E-state index in [0.717, 1.165) is 5.75 Å². The largest absolute Gasteiger partial charge is 0.496 e. The smallest absolute Gasteiger partial charge is 0.128 e.